The van der Waals surface area contributed by atoms with Crippen LogP contribution in [0.15, 0.2) is 30.3 Å². The Balaban J connectivity index is 2.65. The Kier molecular flexibility index (Phi) is 7.91. The number of benzene rings is 1. The summed E-state index contributed by atoms with van der Waals surface area (Å²) in [6.45, 7) is 6.65. The molecule has 1 atom stereocenters. The van der Waals surface area contributed by atoms with E-state index in [1.807, 2.05) is 0 Å². The zero-order valence-corrected chi connectivity index (χ0v) is 13.6. The van der Waals surface area contributed by atoms with E-state index in [-0.39, 0.29) is 11.5 Å². The topological polar surface area (TPSA) is 20.2 Å². The number of unbranched alkanes of at least 4 members (excludes halogenated alkanes) is 4. The quantitative estimate of drug-likeness (QED) is 0.562. The van der Waals surface area contributed by atoms with Gasteiger partial charge in [0.25, 0.3) is 0 Å². The van der Waals surface area contributed by atoms with Crippen LogP contribution in [0.3, 0.4) is 0 Å². The van der Waals surface area contributed by atoms with Gasteiger partial charge in [-0.25, -0.2) is 0 Å². The van der Waals surface area contributed by atoms with E-state index in [4.69, 9.17) is 0 Å². The van der Waals surface area contributed by atoms with Crippen LogP contribution >= 0.6 is 0 Å². The molecule has 0 heterocycles. The summed E-state index contributed by atoms with van der Waals surface area (Å²) in [4.78, 5) is 0. The van der Waals surface area contributed by atoms with Crippen LogP contribution in [0.4, 0.5) is 0 Å². The number of hydrogen-bond donors (Lipinski definition) is 1. The van der Waals surface area contributed by atoms with Gasteiger partial charge in [0.15, 0.2) is 0 Å². The van der Waals surface area contributed by atoms with E-state index < -0.39 is 0 Å². The van der Waals surface area contributed by atoms with Crippen LogP contribution in [0.2, 0.25) is 0 Å². The van der Waals surface area contributed by atoms with Gasteiger partial charge < -0.3 is 5.11 Å². The lowest BCUT2D eigenvalue weighted by atomic mass is 9.70. The Bertz CT molecular complexity index is 340. The van der Waals surface area contributed by atoms with E-state index >= 15 is 0 Å². The second-order valence-corrected chi connectivity index (χ2v) is 5.95. The Hall–Kier alpha value is -0.820. The SMILES string of the molecule is CCCCCCCC(O)C(CC)(CC)c1ccccc1. The molecule has 0 spiro atoms. The molecule has 1 N–H and O–H groups in total. The van der Waals surface area contributed by atoms with Crippen molar-refractivity contribution >= 4 is 0 Å². The van der Waals surface area contributed by atoms with Gasteiger partial charge in [-0.1, -0.05) is 83.2 Å². The maximum atomic E-state index is 10.8. The summed E-state index contributed by atoms with van der Waals surface area (Å²) in [6, 6.07) is 10.6. The molecule has 1 nitrogen and oxygen atoms in total. The van der Waals surface area contributed by atoms with Gasteiger partial charge in [-0.05, 0) is 24.8 Å². The average Bonchev–Trinajstić information content (AvgIpc) is 2.50. The van der Waals surface area contributed by atoms with Crippen molar-refractivity contribution in [2.45, 2.75) is 83.7 Å². The fourth-order valence-electron chi connectivity index (χ4n) is 3.31. The minimum absolute atomic E-state index is 0.0635. The summed E-state index contributed by atoms with van der Waals surface area (Å²) in [5.74, 6) is 0. The van der Waals surface area contributed by atoms with Crippen molar-refractivity contribution in [3.05, 3.63) is 35.9 Å². The van der Waals surface area contributed by atoms with E-state index in [0.717, 1.165) is 25.7 Å². The molecule has 0 aliphatic heterocycles. The third-order valence-electron chi connectivity index (χ3n) is 4.83. The number of hydrogen-bond acceptors (Lipinski definition) is 1. The number of rotatable bonds is 10. The van der Waals surface area contributed by atoms with Gasteiger partial charge in [0.2, 0.25) is 0 Å². The van der Waals surface area contributed by atoms with Gasteiger partial charge in [0.1, 0.15) is 0 Å². The molecule has 0 saturated carbocycles. The van der Waals surface area contributed by atoms with Gasteiger partial charge in [0.05, 0.1) is 6.10 Å². The molecule has 0 radical (unpaired) electrons. The van der Waals surface area contributed by atoms with Gasteiger partial charge in [-0.2, -0.15) is 0 Å². The molecule has 1 unspecified atom stereocenters. The minimum Gasteiger partial charge on any atom is -0.392 e. The predicted octanol–water partition coefficient (Wildman–Crippen LogP) is 5.47. The maximum Gasteiger partial charge on any atom is 0.0636 e. The largest absolute Gasteiger partial charge is 0.392 e. The monoisotopic (exact) mass is 276 g/mol. The van der Waals surface area contributed by atoms with Gasteiger partial charge in [-0.3, -0.25) is 0 Å². The summed E-state index contributed by atoms with van der Waals surface area (Å²) in [5, 5.41) is 10.8. The molecule has 0 amide bonds. The molecule has 0 aliphatic rings. The Morgan fingerprint density at radius 1 is 0.900 bits per heavy atom. The highest BCUT2D eigenvalue weighted by atomic mass is 16.3. The number of aliphatic hydroxyl groups excluding tert-OH is 1. The highest BCUT2D eigenvalue weighted by Gasteiger charge is 2.35. The van der Waals surface area contributed by atoms with Crippen LogP contribution in [-0.4, -0.2) is 11.2 Å². The van der Waals surface area contributed by atoms with E-state index in [0.29, 0.717) is 0 Å². The fraction of sp³-hybridized carbons (Fsp3) is 0.684. The van der Waals surface area contributed by atoms with Gasteiger partial charge in [-0.15, -0.1) is 0 Å². The molecule has 1 heteroatoms. The third-order valence-corrected chi connectivity index (χ3v) is 4.83. The lowest BCUT2D eigenvalue weighted by Crippen LogP contribution is -2.38. The van der Waals surface area contributed by atoms with Crippen LogP contribution in [0, 0.1) is 0 Å². The summed E-state index contributed by atoms with van der Waals surface area (Å²) < 4.78 is 0. The van der Waals surface area contributed by atoms with Crippen LogP contribution in [-0.2, 0) is 5.41 Å². The highest BCUT2D eigenvalue weighted by molar-refractivity contribution is 5.26. The first-order chi connectivity index (χ1) is 9.71. The fourth-order valence-corrected chi connectivity index (χ4v) is 3.31. The van der Waals surface area contributed by atoms with Crippen LogP contribution < -0.4 is 0 Å². The molecule has 0 saturated heterocycles. The molecule has 20 heavy (non-hydrogen) atoms. The van der Waals surface area contributed by atoms with Crippen LogP contribution in [0.5, 0.6) is 0 Å². The smallest absolute Gasteiger partial charge is 0.0636 e. The van der Waals surface area contributed by atoms with E-state index in [1.54, 1.807) is 0 Å². The van der Waals surface area contributed by atoms with Crippen molar-refractivity contribution in [1.82, 2.24) is 0 Å². The molecular formula is C19H32O. The van der Waals surface area contributed by atoms with E-state index in [2.05, 4.69) is 51.1 Å². The molecule has 0 fully saturated rings. The first-order valence-electron chi connectivity index (χ1n) is 8.44. The van der Waals surface area contributed by atoms with Crippen molar-refractivity contribution in [2.24, 2.45) is 0 Å². The second-order valence-electron chi connectivity index (χ2n) is 5.95. The third kappa shape index (κ3) is 4.34. The summed E-state index contributed by atoms with van der Waals surface area (Å²) in [7, 11) is 0. The van der Waals surface area contributed by atoms with Crippen molar-refractivity contribution in [2.75, 3.05) is 0 Å². The van der Waals surface area contributed by atoms with E-state index in [9.17, 15) is 5.11 Å². The van der Waals surface area contributed by atoms with Crippen molar-refractivity contribution in [3.63, 3.8) is 0 Å². The average molecular weight is 276 g/mol. The normalized spacial score (nSPS) is 13.4. The lowest BCUT2D eigenvalue weighted by molar-refractivity contribution is 0.0631. The molecule has 0 bridgehead atoms. The predicted molar refractivity (Wildman–Crippen MR) is 88.1 cm³/mol. The molecule has 1 rings (SSSR count). The first kappa shape index (κ1) is 17.2. The van der Waals surface area contributed by atoms with Crippen molar-refractivity contribution in [3.8, 4) is 0 Å². The van der Waals surface area contributed by atoms with Crippen LogP contribution in [0.1, 0.15) is 77.7 Å². The highest BCUT2D eigenvalue weighted by Crippen LogP contribution is 2.37. The molecule has 114 valence electrons. The summed E-state index contributed by atoms with van der Waals surface area (Å²) in [6.07, 6.45) is 9.02. The second kappa shape index (κ2) is 9.18. The first-order valence-corrected chi connectivity index (χ1v) is 8.44. The van der Waals surface area contributed by atoms with Crippen molar-refractivity contribution in [1.29, 1.82) is 0 Å². The summed E-state index contributed by atoms with van der Waals surface area (Å²) >= 11 is 0. The molecule has 1 aromatic carbocycles. The summed E-state index contributed by atoms with van der Waals surface area (Å²) in [5.41, 5.74) is 1.23. The minimum atomic E-state index is -0.221. The van der Waals surface area contributed by atoms with E-state index in [1.165, 1.54) is 31.2 Å². The zero-order valence-electron chi connectivity index (χ0n) is 13.6. The Morgan fingerprint density at radius 3 is 2.05 bits per heavy atom. The lowest BCUT2D eigenvalue weighted by Gasteiger charge is -2.37. The van der Waals surface area contributed by atoms with Crippen molar-refractivity contribution < 1.29 is 5.11 Å². The zero-order chi connectivity index (χ0) is 14.8. The Morgan fingerprint density at radius 2 is 1.50 bits per heavy atom. The number of aliphatic hydroxyl groups is 1. The van der Waals surface area contributed by atoms with Gasteiger partial charge in [0, 0.05) is 5.41 Å². The van der Waals surface area contributed by atoms with Crippen LogP contribution in [0.25, 0.3) is 0 Å². The maximum absolute atomic E-state index is 10.8. The molecular weight excluding hydrogens is 244 g/mol. The van der Waals surface area contributed by atoms with Gasteiger partial charge >= 0.3 is 0 Å². The molecule has 1 aromatic rings. The molecule has 0 aliphatic carbocycles. The standard InChI is InChI=1S/C19H32O/c1-4-7-8-9-13-16-18(20)19(5-2,6-3)17-14-11-10-12-15-17/h10-12,14-15,18,20H,4-9,13,16H2,1-3H3. The molecule has 0 aromatic heterocycles. The Labute approximate surface area is 125 Å².